The smallest absolute Gasteiger partial charge is 0.243 e. The number of amides is 1. The summed E-state index contributed by atoms with van der Waals surface area (Å²) in [5.41, 5.74) is 1.01. The lowest BCUT2D eigenvalue weighted by Gasteiger charge is -2.34. The molecular formula is C16H24N2O3S. The van der Waals surface area contributed by atoms with Crippen LogP contribution in [-0.4, -0.2) is 37.3 Å². The van der Waals surface area contributed by atoms with Gasteiger partial charge in [-0.1, -0.05) is 24.1 Å². The fourth-order valence-electron chi connectivity index (χ4n) is 2.68. The highest BCUT2D eigenvalue weighted by Crippen LogP contribution is 2.25. The third kappa shape index (κ3) is 3.67. The molecule has 0 spiro atoms. The average Bonchev–Trinajstić information content (AvgIpc) is 2.47. The van der Waals surface area contributed by atoms with Crippen molar-refractivity contribution in [1.29, 1.82) is 0 Å². The number of aryl methyl sites for hydroxylation is 1. The summed E-state index contributed by atoms with van der Waals surface area (Å²) in [5.74, 6) is -0.203. The summed E-state index contributed by atoms with van der Waals surface area (Å²) in [4.78, 5) is 12.6. The van der Waals surface area contributed by atoms with E-state index in [9.17, 15) is 13.2 Å². The molecule has 1 saturated heterocycles. The zero-order valence-electron chi connectivity index (χ0n) is 13.4. The van der Waals surface area contributed by atoms with Gasteiger partial charge in [0.15, 0.2) is 0 Å². The molecule has 1 aromatic rings. The van der Waals surface area contributed by atoms with Crippen LogP contribution in [0.1, 0.15) is 38.7 Å². The molecular weight excluding hydrogens is 300 g/mol. The Morgan fingerprint density at radius 1 is 1.23 bits per heavy atom. The fraction of sp³-hybridized carbons (Fsp3) is 0.562. The maximum absolute atomic E-state index is 12.8. The van der Waals surface area contributed by atoms with Crippen LogP contribution in [0.25, 0.3) is 0 Å². The van der Waals surface area contributed by atoms with Gasteiger partial charge in [-0.25, -0.2) is 8.42 Å². The van der Waals surface area contributed by atoms with Gasteiger partial charge in [0, 0.05) is 12.6 Å². The molecule has 2 rings (SSSR count). The van der Waals surface area contributed by atoms with Crippen molar-refractivity contribution in [3.63, 3.8) is 0 Å². The van der Waals surface area contributed by atoms with Crippen molar-refractivity contribution >= 4 is 15.9 Å². The molecule has 1 aliphatic rings. The van der Waals surface area contributed by atoms with Crippen LogP contribution in [0.4, 0.5) is 0 Å². The Morgan fingerprint density at radius 3 is 2.45 bits per heavy atom. The van der Waals surface area contributed by atoms with Crippen LogP contribution in [0.5, 0.6) is 0 Å². The van der Waals surface area contributed by atoms with Gasteiger partial charge in [0.1, 0.15) is 6.04 Å². The fourth-order valence-corrected chi connectivity index (χ4v) is 4.34. The highest BCUT2D eigenvalue weighted by Gasteiger charge is 2.37. The van der Waals surface area contributed by atoms with Crippen LogP contribution in [-0.2, 0) is 14.8 Å². The predicted octanol–water partition coefficient (Wildman–Crippen LogP) is 2.06. The zero-order valence-corrected chi connectivity index (χ0v) is 14.2. The van der Waals surface area contributed by atoms with E-state index >= 15 is 0 Å². The van der Waals surface area contributed by atoms with E-state index < -0.39 is 16.1 Å². The Labute approximate surface area is 132 Å². The van der Waals surface area contributed by atoms with Crippen molar-refractivity contribution in [3.8, 4) is 0 Å². The number of hydrogen-bond donors (Lipinski definition) is 1. The first-order valence-electron chi connectivity index (χ1n) is 7.71. The van der Waals surface area contributed by atoms with Gasteiger partial charge in [-0.2, -0.15) is 4.31 Å². The summed E-state index contributed by atoms with van der Waals surface area (Å²) in [7, 11) is -3.64. The second kappa shape index (κ2) is 6.79. The van der Waals surface area contributed by atoms with Gasteiger partial charge >= 0.3 is 0 Å². The molecule has 0 saturated carbocycles. The molecule has 0 aromatic heterocycles. The lowest BCUT2D eigenvalue weighted by Crippen LogP contribution is -2.52. The van der Waals surface area contributed by atoms with Crippen molar-refractivity contribution in [2.75, 3.05) is 6.54 Å². The standard InChI is InChI=1S/C16H24N2O3S/c1-12(2)17-16(19)15-6-4-5-11-18(15)22(20,21)14-9-7-13(3)8-10-14/h7-10,12,15H,4-6,11H2,1-3H3,(H,17,19). The molecule has 1 aliphatic heterocycles. The maximum atomic E-state index is 12.8. The molecule has 1 amide bonds. The first-order chi connectivity index (χ1) is 10.3. The number of hydrogen-bond acceptors (Lipinski definition) is 3. The summed E-state index contributed by atoms with van der Waals surface area (Å²) in [6.07, 6.45) is 2.23. The molecule has 5 nitrogen and oxygen atoms in total. The lowest BCUT2D eigenvalue weighted by atomic mass is 10.0. The van der Waals surface area contributed by atoms with E-state index in [4.69, 9.17) is 0 Å². The highest BCUT2D eigenvalue weighted by molar-refractivity contribution is 7.89. The Hall–Kier alpha value is -1.40. The van der Waals surface area contributed by atoms with E-state index in [-0.39, 0.29) is 16.8 Å². The van der Waals surface area contributed by atoms with Gasteiger partial charge in [0.05, 0.1) is 4.90 Å². The van der Waals surface area contributed by atoms with Crippen LogP contribution in [0.3, 0.4) is 0 Å². The molecule has 122 valence electrons. The van der Waals surface area contributed by atoms with Gasteiger partial charge in [0.25, 0.3) is 0 Å². The van der Waals surface area contributed by atoms with Crippen LogP contribution in [0.2, 0.25) is 0 Å². The molecule has 6 heteroatoms. The average molecular weight is 324 g/mol. The van der Waals surface area contributed by atoms with E-state index in [1.807, 2.05) is 20.8 Å². The normalized spacial score (nSPS) is 20.1. The number of carbonyl (C=O) groups is 1. The number of piperidine rings is 1. The van der Waals surface area contributed by atoms with Gasteiger partial charge in [-0.05, 0) is 45.7 Å². The number of sulfonamides is 1. The van der Waals surface area contributed by atoms with Crippen LogP contribution in [0, 0.1) is 6.92 Å². The van der Waals surface area contributed by atoms with Crippen molar-refractivity contribution in [2.24, 2.45) is 0 Å². The van der Waals surface area contributed by atoms with E-state index in [2.05, 4.69) is 5.32 Å². The zero-order chi connectivity index (χ0) is 16.3. The Balaban J connectivity index is 2.29. The van der Waals surface area contributed by atoms with Crippen molar-refractivity contribution in [3.05, 3.63) is 29.8 Å². The summed E-state index contributed by atoms with van der Waals surface area (Å²) >= 11 is 0. The largest absolute Gasteiger partial charge is 0.353 e. The molecule has 1 heterocycles. The Morgan fingerprint density at radius 2 is 1.86 bits per heavy atom. The minimum Gasteiger partial charge on any atom is -0.353 e. The third-order valence-electron chi connectivity index (χ3n) is 3.81. The number of rotatable bonds is 4. The maximum Gasteiger partial charge on any atom is 0.243 e. The monoisotopic (exact) mass is 324 g/mol. The van der Waals surface area contributed by atoms with Gasteiger partial charge in [-0.15, -0.1) is 0 Å². The molecule has 0 radical (unpaired) electrons. The van der Waals surface area contributed by atoms with Crippen molar-refractivity contribution < 1.29 is 13.2 Å². The summed E-state index contributed by atoms with van der Waals surface area (Å²) in [5, 5.41) is 2.83. The van der Waals surface area contributed by atoms with Gasteiger partial charge in [0.2, 0.25) is 15.9 Å². The molecule has 0 bridgehead atoms. The van der Waals surface area contributed by atoms with E-state index in [0.717, 1.165) is 18.4 Å². The van der Waals surface area contributed by atoms with Crippen LogP contribution >= 0.6 is 0 Å². The second-order valence-corrected chi connectivity index (χ2v) is 7.99. The number of nitrogens with zero attached hydrogens (tertiary/aromatic N) is 1. The minimum atomic E-state index is -3.64. The minimum absolute atomic E-state index is 0.00152. The molecule has 1 aromatic carbocycles. The molecule has 22 heavy (non-hydrogen) atoms. The lowest BCUT2D eigenvalue weighted by molar-refractivity contribution is -0.126. The van der Waals surface area contributed by atoms with E-state index in [1.165, 1.54) is 4.31 Å². The number of benzene rings is 1. The molecule has 1 unspecified atom stereocenters. The van der Waals surface area contributed by atoms with Crippen molar-refractivity contribution in [2.45, 2.75) is 57.0 Å². The highest BCUT2D eigenvalue weighted by atomic mass is 32.2. The molecule has 1 atom stereocenters. The Bertz CT molecular complexity index is 623. The summed E-state index contributed by atoms with van der Waals surface area (Å²) < 4.78 is 27.1. The first-order valence-corrected chi connectivity index (χ1v) is 9.15. The SMILES string of the molecule is Cc1ccc(S(=O)(=O)N2CCCCC2C(=O)NC(C)C)cc1. The predicted molar refractivity (Wildman–Crippen MR) is 86.0 cm³/mol. The third-order valence-corrected chi connectivity index (χ3v) is 5.74. The first kappa shape index (κ1) is 17.0. The molecule has 1 N–H and O–H groups in total. The van der Waals surface area contributed by atoms with Gasteiger partial charge in [-0.3, -0.25) is 4.79 Å². The van der Waals surface area contributed by atoms with Crippen molar-refractivity contribution in [1.82, 2.24) is 9.62 Å². The summed E-state index contributed by atoms with van der Waals surface area (Å²) in [6, 6.07) is 6.16. The topological polar surface area (TPSA) is 66.5 Å². The van der Waals surface area contributed by atoms with Crippen LogP contribution < -0.4 is 5.32 Å². The van der Waals surface area contributed by atoms with Gasteiger partial charge < -0.3 is 5.32 Å². The number of nitrogens with one attached hydrogen (secondary N) is 1. The Kier molecular flexibility index (Phi) is 5.24. The second-order valence-electron chi connectivity index (χ2n) is 6.10. The van der Waals surface area contributed by atoms with E-state index in [1.54, 1.807) is 24.3 Å². The molecule has 1 fully saturated rings. The van der Waals surface area contributed by atoms with Crippen LogP contribution in [0.15, 0.2) is 29.2 Å². The van der Waals surface area contributed by atoms with E-state index in [0.29, 0.717) is 13.0 Å². The summed E-state index contributed by atoms with van der Waals surface area (Å²) in [6.45, 7) is 6.06. The number of carbonyl (C=O) groups excluding carboxylic acids is 1. The quantitative estimate of drug-likeness (QED) is 0.922. The molecule has 0 aliphatic carbocycles.